The maximum atomic E-state index is 14.1. The number of carbonyl (C=O) groups excluding carboxylic acids is 1. The normalized spacial score (nSPS) is 13.5. The van der Waals surface area contributed by atoms with Gasteiger partial charge in [-0.05, 0) is 48.6 Å². The number of hydrogen-bond donors (Lipinski definition) is 0. The molecule has 1 aliphatic carbocycles. The Hall–Kier alpha value is -3.25. The molecule has 5 nitrogen and oxygen atoms in total. The molecule has 1 aromatic heterocycles. The van der Waals surface area contributed by atoms with Crippen molar-refractivity contribution in [2.75, 3.05) is 0 Å². The van der Waals surface area contributed by atoms with Crippen molar-refractivity contribution in [3.05, 3.63) is 88.2 Å². The molecule has 0 fully saturated rings. The number of carboxylic acids is 1. The number of para-hydroxylation sites is 1. The van der Waals surface area contributed by atoms with Crippen molar-refractivity contribution >= 4 is 28.7 Å². The minimum absolute atomic E-state index is 0.0581. The van der Waals surface area contributed by atoms with Crippen molar-refractivity contribution in [2.45, 2.75) is 25.9 Å². The van der Waals surface area contributed by atoms with Gasteiger partial charge in [0, 0.05) is 16.1 Å². The molecule has 0 atom stereocenters. The molecule has 30 heavy (non-hydrogen) atoms. The average molecular weight is 424 g/mol. The van der Waals surface area contributed by atoms with E-state index in [-0.39, 0.29) is 12.3 Å². The summed E-state index contributed by atoms with van der Waals surface area (Å²) in [6.45, 7) is 0.0581. The second-order valence-corrected chi connectivity index (χ2v) is 7.34. The minimum Gasteiger partial charge on any atom is -0.543 e. The smallest absolute Gasteiger partial charge is 0.131 e. The van der Waals surface area contributed by atoms with E-state index in [9.17, 15) is 14.3 Å². The van der Waals surface area contributed by atoms with E-state index < -0.39 is 11.8 Å². The van der Waals surface area contributed by atoms with Gasteiger partial charge in [0.15, 0.2) is 0 Å². The van der Waals surface area contributed by atoms with E-state index >= 15 is 0 Å². The lowest BCUT2D eigenvalue weighted by Gasteiger charge is -2.15. The maximum absolute atomic E-state index is 14.1. The number of carbonyl (C=O) groups is 1. The molecule has 3 aromatic rings. The maximum Gasteiger partial charge on any atom is 0.131 e. The largest absolute Gasteiger partial charge is 0.543 e. The summed E-state index contributed by atoms with van der Waals surface area (Å²) >= 11 is 5.81. The molecular weight excluding hydrogens is 407 g/mol. The van der Waals surface area contributed by atoms with E-state index in [2.05, 4.69) is 9.97 Å². The van der Waals surface area contributed by atoms with Gasteiger partial charge in [-0.15, -0.1) is 0 Å². The van der Waals surface area contributed by atoms with Crippen molar-refractivity contribution in [3.63, 3.8) is 0 Å². The van der Waals surface area contributed by atoms with Gasteiger partial charge in [-0.2, -0.15) is 0 Å². The molecule has 7 heteroatoms. The fourth-order valence-corrected chi connectivity index (χ4v) is 3.73. The summed E-state index contributed by atoms with van der Waals surface area (Å²) in [6, 6.07) is 12.0. The highest BCUT2D eigenvalue weighted by Crippen LogP contribution is 2.42. The summed E-state index contributed by atoms with van der Waals surface area (Å²) in [5.74, 6) is -1.17. The van der Waals surface area contributed by atoms with Crippen molar-refractivity contribution in [2.24, 2.45) is 0 Å². The van der Waals surface area contributed by atoms with Crippen LogP contribution in [0.3, 0.4) is 0 Å². The predicted molar refractivity (Wildman–Crippen MR) is 109 cm³/mol. The van der Waals surface area contributed by atoms with Crippen molar-refractivity contribution in [1.82, 2.24) is 9.97 Å². The highest BCUT2D eigenvalue weighted by molar-refractivity contribution is 6.30. The van der Waals surface area contributed by atoms with E-state index in [1.165, 1.54) is 12.3 Å². The topological polar surface area (TPSA) is 75.1 Å². The molecule has 0 saturated heterocycles. The summed E-state index contributed by atoms with van der Waals surface area (Å²) in [5.41, 5.74) is 3.55. The molecule has 0 amide bonds. The van der Waals surface area contributed by atoms with Gasteiger partial charge in [0.05, 0.1) is 24.1 Å². The first-order valence-corrected chi connectivity index (χ1v) is 9.82. The number of rotatable bonds is 6. The van der Waals surface area contributed by atoms with Crippen LogP contribution in [0, 0.1) is 5.82 Å². The molecule has 2 aromatic carbocycles. The Morgan fingerprint density at radius 2 is 1.93 bits per heavy atom. The van der Waals surface area contributed by atoms with Crippen LogP contribution in [-0.2, 0) is 6.61 Å². The van der Waals surface area contributed by atoms with Crippen LogP contribution in [0.4, 0.5) is 4.39 Å². The highest BCUT2D eigenvalue weighted by Gasteiger charge is 2.22. The van der Waals surface area contributed by atoms with E-state index in [1.807, 2.05) is 24.3 Å². The lowest BCUT2D eigenvalue weighted by atomic mass is 9.99. The number of allylic oxidation sites excluding steroid dienone is 2. The molecule has 0 radical (unpaired) electrons. The van der Waals surface area contributed by atoms with Gasteiger partial charge < -0.3 is 14.6 Å². The molecule has 0 saturated carbocycles. The Morgan fingerprint density at radius 3 is 2.73 bits per heavy atom. The number of ether oxygens (including phenoxy) is 1. The zero-order valence-corrected chi connectivity index (χ0v) is 16.7. The fraction of sp³-hybridized carbons (Fsp3) is 0.174. The van der Waals surface area contributed by atoms with Gasteiger partial charge in [-0.1, -0.05) is 35.9 Å². The Morgan fingerprint density at radius 1 is 1.13 bits per heavy atom. The Kier molecular flexibility index (Phi) is 5.77. The lowest BCUT2D eigenvalue weighted by molar-refractivity contribution is -0.255. The molecule has 4 rings (SSSR count). The molecular formula is C23H17ClFN2O3-. The first kappa shape index (κ1) is 20.0. The van der Waals surface area contributed by atoms with Crippen LogP contribution < -0.4 is 9.84 Å². The number of hydrogen-bond acceptors (Lipinski definition) is 5. The molecule has 1 aliphatic rings. The summed E-state index contributed by atoms with van der Waals surface area (Å²) in [4.78, 5) is 19.3. The fourth-order valence-electron chi connectivity index (χ4n) is 3.57. The minimum atomic E-state index is -1.36. The van der Waals surface area contributed by atoms with Gasteiger partial charge in [-0.25, -0.2) is 9.37 Å². The van der Waals surface area contributed by atoms with Gasteiger partial charge >= 0.3 is 0 Å². The molecule has 0 unspecified atom stereocenters. The van der Waals surface area contributed by atoms with E-state index in [4.69, 9.17) is 16.3 Å². The quantitative estimate of drug-likeness (QED) is 0.590. The van der Waals surface area contributed by atoms with Crippen LogP contribution in [0.15, 0.2) is 54.9 Å². The highest BCUT2D eigenvalue weighted by atomic mass is 35.5. The first-order valence-electron chi connectivity index (χ1n) is 9.45. The summed E-state index contributed by atoms with van der Waals surface area (Å²) in [7, 11) is 0. The van der Waals surface area contributed by atoms with E-state index in [1.54, 1.807) is 18.3 Å². The molecule has 152 valence electrons. The molecule has 0 spiro atoms. The van der Waals surface area contributed by atoms with E-state index in [0.717, 1.165) is 36.0 Å². The van der Waals surface area contributed by atoms with Crippen LogP contribution in [0.25, 0.3) is 11.1 Å². The van der Waals surface area contributed by atoms with Crippen LogP contribution in [-0.4, -0.2) is 15.9 Å². The van der Waals surface area contributed by atoms with Crippen molar-refractivity contribution in [1.29, 1.82) is 0 Å². The lowest BCUT2D eigenvalue weighted by Crippen LogP contribution is -2.24. The SMILES string of the molecule is O=C([O-])c1cncc(C2=C(c3ccccc3OCc3ccc(Cl)cc3F)CCC2)n1. The van der Waals surface area contributed by atoms with Crippen LogP contribution in [0.5, 0.6) is 5.75 Å². The second-order valence-electron chi connectivity index (χ2n) is 6.91. The Bertz CT molecular complexity index is 1150. The second kappa shape index (κ2) is 8.63. The van der Waals surface area contributed by atoms with Gasteiger partial charge in [0.1, 0.15) is 23.9 Å². The van der Waals surface area contributed by atoms with Crippen molar-refractivity contribution < 1.29 is 19.0 Å². The molecule has 0 bridgehead atoms. The average Bonchev–Trinajstić information content (AvgIpc) is 3.23. The van der Waals surface area contributed by atoms with E-state index in [0.29, 0.717) is 22.0 Å². The number of carboxylic acid groups (broad SMARTS) is 1. The summed E-state index contributed by atoms with van der Waals surface area (Å²) in [5, 5.41) is 11.5. The third kappa shape index (κ3) is 4.19. The third-order valence-corrected chi connectivity index (χ3v) is 5.22. The Balaban J connectivity index is 1.67. The zero-order valence-electron chi connectivity index (χ0n) is 15.9. The van der Waals surface area contributed by atoms with Gasteiger partial charge in [0.2, 0.25) is 0 Å². The third-order valence-electron chi connectivity index (χ3n) is 4.98. The van der Waals surface area contributed by atoms with Crippen molar-refractivity contribution in [3.8, 4) is 5.75 Å². The predicted octanol–water partition coefficient (Wildman–Crippen LogP) is 4.31. The first-order chi connectivity index (χ1) is 14.5. The van der Waals surface area contributed by atoms with Crippen LogP contribution >= 0.6 is 11.6 Å². The number of benzene rings is 2. The summed E-state index contributed by atoms with van der Waals surface area (Å²) < 4.78 is 20.0. The van der Waals surface area contributed by atoms with Crippen LogP contribution in [0.1, 0.15) is 46.6 Å². The number of halogens is 2. The number of aromatic nitrogens is 2. The number of aromatic carboxylic acids is 1. The summed E-state index contributed by atoms with van der Waals surface area (Å²) in [6.07, 6.45) is 5.18. The molecule has 1 heterocycles. The Labute approximate surface area is 177 Å². The monoisotopic (exact) mass is 423 g/mol. The zero-order chi connectivity index (χ0) is 21.1. The number of nitrogens with zero attached hydrogens (tertiary/aromatic N) is 2. The van der Waals surface area contributed by atoms with Crippen LogP contribution in [0.2, 0.25) is 5.02 Å². The van der Waals surface area contributed by atoms with Gasteiger partial charge in [0.25, 0.3) is 0 Å². The molecule has 0 N–H and O–H groups in total. The molecule has 0 aliphatic heterocycles. The van der Waals surface area contributed by atoms with Gasteiger partial charge in [-0.3, -0.25) is 4.98 Å². The standard InChI is InChI=1S/C23H18ClFN2O3/c24-15-9-8-14(19(25)10-15)13-30-22-7-2-1-4-18(22)16-5-3-6-17(16)20-11-26-12-21(27-20)23(28)29/h1-2,4,7-12H,3,5-6,13H2,(H,28,29)/p-1.